The maximum absolute atomic E-state index is 17.2. The molecule has 6 aliphatic rings. The van der Waals surface area contributed by atoms with E-state index in [0.717, 1.165) is 38.6 Å². The van der Waals surface area contributed by atoms with Crippen molar-refractivity contribution in [3.8, 4) is 35.4 Å². The first-order valence-corrected chi connectivity index (χ1v) is 17.2. The second-order valence-corrected chi connectivity index (χ2v) is 15.1. The molecule has 2 N–H and O–H groups in total. The Labute approximate surface area is 279 Å². The average Bonchev–Trinajstić information content (AvgIpc) is 3.38. The molecule has 1 aliphatic carbocycles. The Morgan fingerprint density at radius 2 is 1.94 bits per heavy atom. The van der Waals surface area contributed by atoms with Gasteiger partial charge in [0.05, 0.1) is 27.6 Å². The number of aromatic hydroxyl groups is 1. The molecule has 0 unspecified atom stereocenters. The van der Waals surface area contributed by atoms with Crippen LogP contribution < -0.4 is 15.0 Å². The van der Waals surface area contributed by atoms with Gasteiger partial charge in [0, 0.05) is 48.6 Å². The highest BCUT2D eigenvalue weighted by Crippen LogP contribution is 2.69. The normalized spacial score (nSPS) is 30.8. The molecule has 5 fully saturated rings. The number of alkyl halides is 2. The van der Waals surface area contributed by atoms with Crippen LogP contribution in [-0.4, -0.2) is 80.8 Å². The number of aromatic nitrogens is 3. The average molecular weight is 671 g/mol. The number of piperazine rings is 1. The smallest absolute Gasteiger partial charge is 0.319 e. The molecular formula is C37H34F4N6O2. The lowest BCUT2D eigenvalue weighted by Crippen LogP contribution is -2.58. The van der Waals surface area contributed by atoms with Crippen molar-refractivity contribution in [3.63, 3.8) is 0 Å². The van der Waals surface area contributed by atoms with Crippen molar-refractivity contribution in [1.82, 2.24) is 25.2 Å². The fourth-order valence-corrected chi connectivity index (χ4v) is 10.0. The number of hydrogen-bond acceptors (Lipinski definition) is 8. The molecule has 12 heteroatoms. The number of hydrogen-bond donors (Lipinski definition) is 2. The van der Waals surface area contributed by atoms with E-state index in [1.165, 1.54) is 24.3 Å². The van der Waals surface area contributed by atoms with Crippen molar-refractivity contribution < 1.29 is 27.4 Å². The van der Waals surface area contributed by atoms with Gasteiger partial charge in [-0.1, -0.05) is 12.0 Å². The van der Waals surface area contributed by atoms with Crippen LogP contribution >= 0.6 is 0 Å². The number of rotatable bonds is 4. The quantitative estimate of drug-likeness (QED) is 0.211. The second-order valence-electron chi connectivity index (χ2n) is 15.1. The molecule has 2 aromatic carbocycles. The Morgan fingerprint density at radius 3 is 2.76 bits per heavy atom. The van der Waals surface area contributed by atoms with Gasteiger partial charge in [-0.2, -0.15) is 9.97 Å². The van der Waals surface area contributed by atoms with Gasteiger partial charge in [0.15, 0.2) is 5.82 Å². The third-order valence-corrected chi connectivity index (χ3v) is 12.4. The number of benzene rings is 2. The standard InChI is InChI=1S/C37H34F4N6O2/c1-2-22-24(38)6-4-19-12-21(48)13-23(28(19)22)31-30(39)32-29-26(43-31)8-9-27-25-7-5-20(42-25)14-47(27)33(29)45-34(44-32)49-18-36-10-3-11-46(36)17-35(15-36)16-37(35,40)41/h1,4,6,12-13,20,25,27,42,48H,3,5,7-11,14-18H2/t20-,25+,27-,35+,36+/m1/s1. The molecule has 4 saturated heterocycles. The van der Waals surface area contributed by atoms with Gasteiger partial charge < -0.3 is 20.1 Å². The Balaban J connectivity index is 1.14. The van der Waals surface area contributed by atoms with Crippen molar-refractivity contribution in [2.24, 2.45) is 5.41 Å². The number of fused-ring (bicyclic) bond motifs is 7. The molecule has 5 atom stereocenters. The molecule has 8 nitrogen and oxygen atoms in total. The molecule has 5 aliphatic heterocycles. The van der Waals surface area contributed by atoms with Gasteiger partial charge in [-0.05, 0) is 75.1 Å². The Kier molecular flexibility index (Phi) is 6.02. The van der Waals surface area contributed by atoms with Crippen molar-refractivity contribution >= 4 is 27.5 Å². The fourth-order valence-electron chi connectivity index (χ4n) is 10.0. The minimum absolute atomic E-state index is 0.0130. The number of phenolic OH excluding ortho intramolecular Hbond substituents is 1. The van der Waals surface area contributed by atoms with Gasteiger partial charge in [-0.25, -0.2) is 22.5 Å². The fraction of sp³-hybridized carbons (Fsp3) is 0.486. The first kappa shape index (κ1) is 29.7. The number of nitrogens with one attached hydrogen (secondary N) is 1. The maximum Gasteiger partial charge on any atom is 0.319 e. The lowest BCUT2D eigenvalue weighted by molar-refractivity contribution is 0.0647. The molecule has 49 heavy (non-hydrogen) atoms. The molecule has 0 amide bonds. The van der Waals surface area contributed by atoms with Crippen LogP contribution in [0.3, 0.4) is 0 Å². The summed E-state index contributed by atoms with van der Waals surface area (Å²) in [6, 6.07) is 6.10. The number of pyridine rings is 1. The van der Waals surface area contributed by atoms with Gasteiger partial charge in [-0.3, -0.25) is 4.90 Å². The highest BCUT2D eigenvalue weighted by atomic mass is 19.3. The summed E-state index contributed by atoms with van der Waals surface area (Å²) in [5.41, 5.74) is -0.934. The number of aryl methyl sites for hydroxylation is 1. The van der Waals surface area contributed by atoms with Crippen LogP contribution in [0.2, 0.25) is 0 Å². The van der Waals surface area contributed by atoms with E-state index < -0.39 is 28.5 Å². The molecule has 252 valence electrons. The molecule has 4 aromatic rings. The molecule has 2 aromatic heterocycles. The van der Waals surface area contributed by atoms with E-state index in [1.54, 1.807) is 0 Å². The predicted molar refractivity (Wildman–Crippen MR) is 175 cm³/mol. The highest BCUT2D eigenvalue weighted by molar-refractivity contribution is 6.03. The van der Waals surface area contributed by atoms with E-state index in [1.807, 2.05) is 0 Å². The SMILES string of the molecule is C#Cc1c(F)ccc2cc(O)cc(-c3nc4c5c(nc(OC[C@@]67CCCN6C[C@@]6(CC6(F)F)C7)nc5c3F)N3C[C@H]5CC[C@H](N5)[C@H]3CC4)c12. The van der Waals surface area contributed by atoms with Gasteiger partial charge in [-0.15, -0.1) is 6.42 Å². The molecule has 7 heterocycles. The van der Waals surface area contributed by atoms with E-state index in [4.69, 9.17) is 21.1 Å². The zero-order valence-corrected chi connectivity index (χ0v) is 26.7. The van der Waals surface area contributed by atoms with Crippen molar-refractivity contribution in [2.75, 3.05) is 31.1 Å². The largest absolute Gasteiger partial charge is 0.508 e. The van der Waals surface area contributed by atoms with E-state index in [0.29, 0.717) is 48.2 Å². The molecule has 0 radical (unpaired) electrons. The molecule has 10 rings (SSSR count). The molecule has 2 bridgehead atoms. The topological polar surface area (TPSA) is 86.6 Å². The van der Waals surface area contributed by atoms with Crippen molar-refractivity contribution in [2.45, 2.75) is 81.0 Å². The summed E-state index contributed by atoms with van der Waals surface area (Å²) < 4.78 is 67.6. The number of halogens is 4. The van der Waals surface area contributed by atoms with E-state index in [2.05, 4.69) is 26.0 Å². The molecular weight excluding hydrogens is 636 g/mol. The van der Waals surface area contributed by atoms with E-state index >= 15 is 8.78 Å². The number of nitrogens with zero attached hydrogens (tertiary/aromatic N) is 5. The third-order valence-electron chi connectivity index (χ3n) is 12.4. The Bertz CT molecular complexity index is 2160. The highest BCUT2D eigenvalue weighted by Gasteiger charge is 2.77. The summed E-state index contributed by atoms with van der Waals surface area (Å²) in [5.74, 6) is -1.25. The van der Waals surface area contributed by atoms with Crippen LogP contribution in [0.1, 0.15) is 56.2 Å². The number of phenols is 1. The van der Waals surface area contributed by atoms with Crippen LogP contribution in [0.4, 0.5) is 23.4 Å². The van der Waals surface area contributed by atoms with Gasteiger partial charge in [0.25, 0.3) is 5.92 Å². The summed E-state index contributed by atoms with van der Waals surface area (Å²) >= 11 is 0. The monoisotopic (exact) mass is 670 g/mol. The summed E-state index contributed by atoms with van der Waals surface area (Å²) in [4.78, 5) is 18.9. The van der Waals surface area contributed by atoms with E-state index in [-0.39, 0.29) is 70.6 Å². The van der Waals surface area contributed by atoms with Crippen LogP contribution in [0, 0.1) is 29.4 Å². The predicted octanol–water partition coefficient (Wildman–Crippen LogP) is 5.71. The lowest BCUT2D eigenvalue weighted by atomic mass is 9.89. The van der Waals surface area contributed by atoms with Crippen LogP contribution in [-0.2, 0) is 6.42 Å². The number of terminal acetylenes is 1. The van der Waals surface area contributed by atoms with Crippen LogP contribution in [0.25, 0.3) is 32.9 Å². The lowest BCUT2D eigenvalue weighted by Gasteiger charge is -2.41. The van der Waals surface area contributed by atoms with Gasteiger partial charge in [0.1, 0.15) is 35.2 Å². The Hall–Kier alpha value is -4.21. The summed E-state index contributed by atoms with van der Waals surface area (Å²) in [6.07, 6.45) is 11.0. The van der Waals surface area contributed by atoms with Crippen molar-refractivity contribution in [1.29, 1.82) is 0 Å². The van der Waals surface area contributed by atoms with Crippen LogP contribution in [0.15, 0.2) is 24.3 Å². The number of ether oxygens (including phenoxy) is 1. The van der Waals surface area contributed by atoms with Crippen LogP contribution in [0.5, 0.6) is 11.8 Å². The van der Waals surface area contributed by atoms with E-state index in [9.17, 15) is 13.9 Å². The maximum atomic E-state index is 17.2. The Morgan fingerprint density at radius 1 is 1.08 bits per heavy atom. The minimum atomic E-state index is -2.66. The number of anilines is 1. The third kappa shape index (κ3) is 4.15. The first-order chi connectivity index (χ1) is 23.6. The van der Waals surface area contributed by atoms with Gasteiger partial charge >= 0.3 is 6.01 Å². The molecule has 1 spiro atoms. The summed E-state index contributed by atoms with van der Waals surface area (Å²) in [6.45, 7) is 1.90. The zero-order valence-electron chi connectivity index (χ0n) is 26.7. The first-order valence-electron chi connectivity index (χ1n) is 17.2. The van der Waals surface area contributed by atoms with Gasteiger partial charge in [0.2, 0.25) is 0 Å². The zero-order chi connectivity index (χ0) is 33.4. The summed E-state index contributed by atoms with van der Waals surface area (Å²) in [7, 11) is 0. The minimum Gasteiger partial charge on any atom is -0.508 e. The molecule has 1 saturated carbocycles. The summed E-state index contributed by atoms with van der Waals surface area (Å²) in [5, 5.41) is 15.6. The van der Waals surface area contributed by atoms with Crippen molar-refractivity contribution in [3.05, 3.63) is 47.2 Å². The second kappa shape index (κ2) is 9.94.